The van der Waals surface area contributed by atoms with Crippen molar-refractivity contribution in [2.45, 2.75) is 12.5 Å². The maximum Gasteiger partial charge on any atom is 0.287 e. The van der Waals surface area contributed by atoms with Crippen molar-refractivity contribution < 1.29 is 14.4 Å². The number of amides is 2. The maximum absolute atomic E-state index is 12.7. The molecule has 7 nitrogen and oxygen atoms in total. The standard InChI is InChI=1S/C19H16N4O3S/c20-18(25)17(24)14(11-12-7-3-1-4-8-12)21-19(26)16-15(22-27-23-16)13-9-5-2-6-10-13/h1-10,14H,11H2,(H2,20,25)(H,21,26)/t14-/m0/s1. The Hall–Kier alpha value is -3.39. The van der Waals surface area contributed by atoms with Gasteiger partial charge in [-0.15, -0.1) is 0 Å². The number of carbonyl (C=O) groups excluding carboxylic acids is 3. The minimum Gasteiger partial charge on any atom is -0.363 e. The summed E-state index contributed by atoms with van der Waals surface area (Å²) in [5, 5.41) is 2.57. The summed E-state index contributed by atoms with van der Waals surface area (Å²) in [5.74, 6) is -2.55. The molecule has 27 heavy (non-hydrogen) atoms. The molecule has 0 aliphatic heterocycles. The molecule has 136 valence electrons. The monoisotopic (exact) mass is 380 g/mol. The van der Waals surface area contributed by atoms with E-state index in [0.29, 0.717) is 5.69 Å². The number of hydrogen-bond donors (Lipinski definition) is 2. The van der Waals surface area contributed by atoms with E-state index in [1.165, 1.54) is 0 Å². The van der Waals surface area contributed by atoms with Crippen LogP contribution in [0.1, 0.15) is 16.1 Å². The van der Waals surface area contributed by atoms with E-state index >= 15 is 0 Å². The topological polar surface area (TPSA) is 115 Å². The average Bonchev–Trinajstić information content (AvgIpc) is 3.18. The van der Waals surface area contributed by atoms with Gasteiger partial charge in [0.2, 0.25) is 5.78 Å². The molecule has 0 spiro atoms. The minimum atomic E-state index is -1.10. The SMILES string of the molecule is NC(=O)C(=O)[C@H](Cc1ccccc1)NC(=O)c1nsnc1-c1ccccc1. The number of nitrogens with two attached hydrogens (primary N) is 1. The number of Topliss-reactive ketones (excluding diaryl/α,β-unsaturated/α-hetero) is 1. The van der Waals surface area contributed by atoms with Crippen LogP contribution in [-0.4, -0.2) is 32.4 Å². The molecular formula is C19H16N4O3S. The number of hydrogen-bond acceptors (Lipinski definition) is 6. The fourth-order valence-electron chi connectivity index (χ4n) is 2.58. The van der Waals surface area contributed by atoms with Crippen LogP contribution in [0.5, 0.6) is 0 Å². The minimum absolute atomic E-state index is 0.0986. The number of primary amides is 1. The third-order valence-electron chi connectivity index (χ3n) is 3.90. The summed E-state index contributed by atoms with van der Waals surface area (Å²) in [4.78, 5) is 36.3. The van der Waals surface area contributed by atoms with Gasteiger partial charge in [-0.2, -0.15) is 8.75 Å². The van der Waals surface area contributed by atoms with Gasteiger partial charge in [0.15, 0.2) is 5.69 Å². The first-order valence-electron chi connectivity index (χ1n) is 8.12. The van der Waals surface area contributed by atoms with E-state index in [1.807, 2.05) is 36.4 Å². The molecule has 0 aliphatic carbocycles. The van der Waals surface area contributed by atoms with Crippen LogP contribution in [0.4, 0.5) is 0 Å². The fraction of sp³-hybridized carbons (Fsp3) is 0.105. The van der Waals surface area contributed by atoms with Gasteiger partial charge in [-0.3, -0.25) is 14.4 Å². The van der Waals surface area contributed by atoms with Crippen LogP contribution >= 0.6 is 11.7 Å². The van der Waals surface area contributed by atoms with E-state index < -0.39 is 23.6 Å². The van der Waals surface area contributed by atoms with Gasteiger partial charge < -0.3 is 11.1 Å². The van der Waals surface area contributed by atoms with Crippen LogP contribution in [0.15, 0.2) is 60.7 Å². The van der Waals surface area contributed by atoms with Crippen LogP contribution < -0.4 is 11.1 Å². The summed E-state index contributed by atoms with van der Waals surface area (Å²) in [6, 6.07) is 17.1. The van der Waals surface area contributed by atoms with Crippen LogP contribution in [0.25, 0.3) is 11.3 Å². The molecule has 0 saturated heterocycles. The van der Waals surface area contributed by atoms with E-state index in [2.05, 4.69) is 14.1 Å². The Bertz CT molecular complexity index is 957. The largest absolute Gasteiger partial charge is 0.363 e. The molecule has 8 heteroatoms. The zero-order chi connectivity index (χ0) is 19.2. The number of aromatic nitrogens is 2. The number of nitrogens with one attached hydrogen (secondary N) is 1. The lowest BCUT2D eigenvalue weighted by atomic mass is 10.0. The quantitative estimate of drug-likeness (QED) is 0.604. The average molecular weight is 380 g/mol. The molecule has 0 radical (unpaired) electrons. The first-order valence-corrected chi connectivity index (χ1v) is 8.85. The zero-order valence-corrected chi connectivity index (χ0v) is 15.0. The molecule has 2 amide bonds. The number of ketones is 1. The third-order valence-corrected chi connectivity index (χ3v) is 4.43. The van der Waals surface area contributed by atoms with E-state index in [1.54, 1.807) is 24.3 Å². The molecule has 3 rings (SSSR count). The Labute approximate surface area is 159 Å². The fourth-order valence-corrected chi connectivity index (χ4v) is 3.15. The number of carbonyl (C=O) groups is 3. The lowest BCUT2D eigenvalue weighted by Crippen LogP contribution is -2.47. The van der Waals surface area contributed by atoms with Gasteiger partial charge in [0.1, 0.15) is 11.7 Å². The van der Waals surface area contributed by atoms with Gasteiger partial charge in [0.05, 0.1) is 11.7 Å². The predicted molar refractivity (Wildman–Crippen MR) is 101 cm³/mol. The highest BCUT2D eigenvalue weighted by Gasteiger charge is 2.28. The Kier molecular flexibility index (Phi) is 5.68. The molecular weight excluding hydrogens is 364 g/mol. The molecule has 1 aromatic heterocycles. The molecule has 1 atom stereocenters. The number of benzene rings is 2. The van der Waals surface area contributed by atoms with E-state index in [-0.39, 0.29) is 12.1 Å². The summed E-state index contributed by atoms with van der Waals surface area (Å²) in [6.07, 6.45) is 0.145. The van der Waals surface area contributed by atoms with Crippen LogP contribution in [-0.2, 0) is 16.0 Å². The molecule has 1 heterocycles. The van der Waals surface area contributed by atoms with E-state index in [9.17, 15) is 14.4 Å². The van der Waals surface area contributed by atoms with Crippen molar-refractivity contribution in [3.8, 4) is 11.3 Å². The first kappa shape index (κ1) is 18.4. The first-order chi connectivity index (χ1) is 13.1. The highest BCUT2D eigenvalue weighted by atomic mass is 32.1. The van der Waals surface area contributed by atoms with Crippen molar-refractivity contribution in [2.75, 3.05) is 0 Å². The zero-order valence-electron chi connectivity index (χ0n) is 14.2. The normalized spacial score (nSPS) is 11.6. The molecule has 0 aliphatic rings. The number of nitrogens with zero attached hydrogens (tertiary/aromatic N) is 2. The molecule has 3 N–H and O–H groups in total. The maximum atomic E-state index is 12.7. The van der Waals surface area contributed by atoms with E-state index in [4.69, 9.17) is 5.73 Å². The second kappa shape index (κ2) is 8.33. The third kappa shape index (κ3) is 4.42. The molecule has 0 bridgehead atoms. The molecule has 0 saturated carbocycles. The van der Waals surface area contributed by atoms with Crippen LogP contribution in [0.2, 0.25) is 0 Å². The smallest absolute Gasteiger partial charge is 0.287 e. The molecule has 0 unspecified atom stereocenters. The second-order valence-corrected chi connectivity index (χ2v) is 6.30. The van der Waals surface area contributed by atoms with Crippen molar-refractivity contribution in [2.24, 2.45) is 5.73 Å². The van der Waals surface area contributed by atoms with Gasteiger partial charge in [-0.25, -0.2) is 0 Å². The summed E-state index contributed by atoms with van der Waals surface area (Å²) in [7, 11) is 0. The summed E-state index contributed by atoms with van der Waals surface area (Å²) in [6.45, 7) is 0. The lowest BCUT2D eigenvalue weighted by molar-refractivity contribution is -0.137. The molecule has 3 aromatic rings. The highest BCUT2D eigenvalue weighted by Crippen LogP contribution is 2.21. The summed E-state index contributed by atoms with van der Waals surface area (Å²) < 4.78 is 8.22. The van der Waals surface area contributed by atoms with Gasteiger partial charge in [-0.05, 0) is 5.56 Å². The second-order valence-electron chi connectivity index (χ2n) is 5.77. The molecule has 0 fully saturated rings. The van der Waals surface area contributed by atoms with Crippen molar-refractivity contribution in [1.82, 2.24) is 14.1 Å². The van der Waals surface area contributed by atoms with Gasteiger partial charge in [0, 0.05) is 12.0 Å². The Morgan fingerprint density at radius 2 is 1.59 bits per heavy atom. The van der Waals surface area contributed by atoms with Crippen molar-refractivity contribution in [1.29, 1.82) is 0 Å². The number of rotatable bonds is 7. The van der Waals surface area contributed by atoms with Gasteiger partial charge >= 0.3 is 0 Å². The Morgan fingerprint density at radius 3 is 2.22 bits per heavy atom. The molecule has 2 aromatic carbocycles. The highest BCUT2D eigenvalue weighted by molar-refractivity contribution is 6.99. The van der Waals surface area contributed by atoms with Crippen LogP contribution in [0.3, 0.4) is 0 Å². The van der Waals surface area contributed by atoms with Gasteiger partial charge in [0.25, 0.3) is 11.8 Å². The van der Waals surface area contributed by atoms with Crippen molar-refractivity contribution in [3.05, 3.63) is 71.9 Å². The van der Waals surface area contributed by atoms with Crippen molar-refractivity contribution in [3.63, 3.8) is 0 Å². The van der Waals surface area contributed by atoms with Crippen molar-refractivity contribution >= 4 is 29.3 Å². The van der Waals surface area contributed by atoms with Crippen LogP contribution in [0, 0.1) is 0 Å². The summed E-state index contributed by atoms with van der Waals surface area (Å²) in [5.41, 5.74) is 7.18. The Morgan fingerprint density at radius 1 is 0.963 bits per heavy atom. The lowest BCUT2D eigenvalue weighted by Gasteiger charge is -2.16. The van der Waals surface area contributed by atoms with E-state index in [0.717, 1.165) is 22.9 Å². The van der Waals surface area contributed by atoms with Gasteiger partial charge in [-0.1, -0.05) is 60.7 Å². The Balaban J connectivity index is 1.84. The summed E-state index contributed by atoms with van der Waals surface area (Å²) >= 11 is 0.898. The predicted octanol–water partition coefficient (Wildman–Crippen LogP) is 1.60.